The molecule has 0 heterocycles. The Morgan fingerprint density at radius 2 is 0.500 bits per heavy atom. The monoisotopic (exact) mass is 957 g/mol. The van der Waals surface area contributed by atoms with Gasteiger partial charge in [-0.25, -0.2) is 0 Å². The average molecular weight is 958 g/mol. The van der Waals surface area contributed by atoms with Gasteiger partial charge in [-0.05, 0) is 104 Å². The van der Waals surface area contributed by atoms with Crippen LogP contribution in [0.5, 0.6) is 0 Å². The van der Waals surface area contributed by atoms with Gasteiger partial charge in [0.2, 0.25) is 0 Å². The van der Waals surface area contributed by atoms with Gasteiger partial charge in [-0.2, -0.15) is 0 Å². The Balaban J connectivity index is 10.4. The maximum atomic E-state index is 16.8. The van der Waals surface area contributed by atoms with Crippen LogP contribution in [0.3, 0.4) is 0 Å². The fraction of sp³-hybridized carbons (Fsp3) is 0.985. The largest absolute Gasteiger partial charge is 0.481 e. The molecule has 2 nitrogen and oxygen atoms in total. The molecule has 0 aliphatic rings. The number of aliphatic carboxylic acids is 1. The predicted octanol–water partition coefficient (Wildman–Crippen LogP) is 23.8. The molecule has 0 aromatic carbocycles. The summed E-state index contributed by atoms with van der Waals surface area (Å²) in [5.41, 5.74) is -1.11. The second-order valence-electron chi connectivity index (χ2n) is 23.4. The van der Waals surface area contributed by atoms with Crippen LogP contribution in [-0.2, 0) is 4.79 Å². The van der Waals surface area contributed by atoms with Gasteiger partial charge in [-0.15, -0.1) is 0 Å². The third kappa shape index (κ3) is 20.1. The van der Waals surface area contributed by atoms with Crippen LogP contribution in [0.4, 0.5) is 0 Å². The normalized spacial score (nSPS) is 17.5. The van der Waals surface area contributed by atoms with E-state index in [9.17, 15) is 5.11 Å². The van der Waals surface area contributed by atoms with E-state index in [1.807, 2.05) is 0 Å². The van der Waals surface area contributed by atoms with Gasteiger partial charge in [0.15, 0.2) is 0 Å². The summed E-state index contributed by atoms with van der Waals surface area (Å²) in [6.45, 7) is 32.0. The molecule has 6 atom stereocenters. The van der Waals surface area contributed by atoms with Gasteiger partial charge >= 0.3 is 5.97 Å². The lowest BCUT2D eigenvalue weighted by molar-refractivity contribution is -0.272. The van der Waals surface area contributed by atoms with E-state index < -0.39 is 5.41 Å². The topological polar surface area (TPSA) is 37.3 Å². The van der Waals surface area contributed by atoms with E-state index in [0.717, 1.165) is 38.5 Å². The van der Waals surface area contributed by atoms with Crippen molar-refractivity contribution in [3.05, 3.63) is 0 Å². The second-order valence-corrected chi connectivity index (χ2v) is 23.4. The number of unbranched alkanes of at least 4 members (excludes halogenated alkanes) is 18. The number of rotatable bonds is 52. The van der Waals surface area contributed by atoms with Gasteiger partial charge in [0.05, 0.1) is 5.41 Å². The van der Waals surface area contributed by atoms with Crippen LogP contribution >= 0.6 is 0 Å². The van der Waals surface area contributed by atoms with Crippen molar-refractivity contribution >= 4 is 5.97 Å². The Bertz CT molecular complexity index is 1030. The summed E-state index contributed by atoms with van der Waals surface area (Å²) in [4.78, 5) is 16.8. The maximum Gasteiger partial charge on any atom is 0.310 e. The van der Waals surface area contributed by atoms with Crippen molar-refractivity contribution in [3.8, 4) is 0 Å². The van der Waals surface area contributed by atoms with Crippen LogP contribution in [0.2, 0.25) is 0 Å². The van der Waals surface area contributed by atoms with Crippen LogP contribution in [0.25, 0.3) is 0 Å². The van der Waals surface area contributed by atoms with Crippen molar-refractivity contribution < 1.29 is 9.90 Å². The van der Waals surface area contributed by atoms with Gasteiger partial charge in [0, 0.05) is 0 Å². The van der Waals surface area contributed by atoms with Crippen LogP contribution in [0.15, 0.2) is 0 Å². The Labute approximate surface area is 431 Å². The zero-order valence-electron chi connectivity index (χ0n) is 49.7. The lowest BCUT2D eigenvalue weighted by atomic mass is 9.29. The molecule has 2 heteroatoms. The summed E-state index contributed by atoms with van der Waals surface area (Å²) in [6.07, 6.45) is 53.4. The first kappa shape index (κ1) is 67.5. The molecule has 0 aliphatic carbocycles. The molecule has 0 amide bonds. The highest BCUT2D eigenvalue weighted by atomic mass is 16.4. The Kier molecular flexibility index (Phi) is 42.6. The standard InChI is InChI=1S/C66H132O2/c1-14-27-33-39-51-57(45-20-7)64(26-13,58(46-21-8)52-40-34-28-15-2)66(61(49-24-11)55-43-37-31-18-5,62(50-25-12)56-44-38-32-19-6)65(63(67)68,59(47-22-9)53-41-35-29-16-3)60(48-23-10)54-42-36-30-17-4/h57-62H,14-56H2,1-13H3,(H,67,68). The van der Waals surface area contributed by atoms with Crippen LogP contribution in [0.1, 0.15) is 366 Å². The minimum Gasteiger partial charge on any atom is -0.481 e. The van der Waals surface area contributed by atoms with E-state index in [4.69, 9.17) is 0 Å². The Hall–Kier alpha value is -0.530. The molecule has 0 aromatic heterocycles. The van der Waals surface area contributed by atoms with Crippen LogP contribution in [0, 0.1) is 51.8 Å². The molecule has 0 fully saturated rings. The minimum atomic E-state index is -0.770. The molecule has 0 saturated carbocycles. The molecule has 0 bridgehead atoms. The van der Waals surface area contributed by atoms with E-state index >= 15 is 4.79 Å². The van der Waals surface area contributed by atoms with E-state index in [-0.39, 0.29) is 28.6 Å². The number of hydrogen-bond acceptors (Lipinski definition) is 1. The molecule has 68 heavy (non-hydrogen) atoms. The summed E-state index contributed by atoms with van der Waals surface area (Å²) in [7, 11) is 0. The van der Waals surface area contributed by atoms with E-state index in [1.165, 1.54) is 238 Å². The van der Waals surface area contributed by atoms with Crippen molar-refractivity contribution in [1.29, 1.82) is 0 Å². The van der Waals surface area contributed by atoms with Gasteiger partial charge in [0.25, 0.3) is 0 Å². The smallest absolute Gasteiger partial charge is 0.310 e. The summed E-state index contributed by atoms with van der Waals surface area (Å²) >= 11 is 0. The van der Waals surface area contributed by atoms with Gasteiger partial charge in [0.1, 0.15) is 0 Å². The lowest BCUT2D eigenvalue weighted by Gasteiger charge is -2.73. The third-order valence-electron chi connectivity index (χ3n) is 18.7. The number of hydrogen-bond donors (Lipinski definition) is 1. The van der Waals surface area contributed by atoms with Gasteiger partial charge in [-0.1, -0.05) is 308 Å². The molecular formula is C66H132O2. The van der Waals surface area contributed by atoms with Crippen LogP contribution in [-0.4, -0.2) is 11.1 Å². The summed E-state index contributed by atoms with van der Waals surface area (Å²) in [5.74, 6) is 2.10. The first-order valence-corrected chi connectivity index (χ1v) is 32.4. The van der Waals surface area contributed by atoms with Crippen LogP contribution < -0.4 is 0 Å². The third-order valence-corrected chi connectivity index (χ3v) is 18.7. The quantitative estimate of drug-likeness (QED) is 0.0617. The SMILES string of the molecule is CCCCCCC(CCC)C(CC)(C(CCC)CCCCCC)C(C(CCC)CCCCCC)(C(CCC)CCCCCC)C(C(=O)O)(C(CCC)CCCCCC)C(CCC)CCCCCC. The Morgan fingerprint density at radius 1 is 0.279 bits per heavy atom. The second kappa shape index (κ2) is 42.9. The highest BCUT2D eigenvalue weighted by Crippen LogP contribution is 2.77. The van der Waals surface area contributed by atoms with Crippen molar-refractivity contribution in [2.45, 2.75) is 366 Å². The molecule has 0 spiro atoms. The zero-order chi connectivity index (χ0) is 50.9. The van der Waals surface area contributed by atoms with E-state index in [0.29, 0.717) is 23.7 Å². The zero-order valence-corrected chi connectivity index (χ0v) is 49.7. The molecule has 408 valence electrons. The van der Waals surface area contributed by atoms with Crippen molar-refractivity contribution in [3.63, 3.8) is 0 Å². The molecule has 0 radical (unpaired) electrons. The van der Waals surface area contributed by atoms with Gasteiger partial charge < -0.3 is 5.11 Å². The lowest BCUT2D eigenvalue weighted by Crippen LogP contribution is -2.72. The molecular weight excluding hydrogens is 825 g/mol. The molecule has 0 saturated heterocycles. The average Bonchev–Trinajstić information content (AvgIpc) is 3.33. The summed E-state index contributed by atoms with van der Waals surface area (Å²) in [5, 5.41) is 13.8. The fourth-order valence-corrected chi connectivity index (χ4v) is 16.3. The fourth-order valence-electron chi connectivity index (χ4n) is 16.3. The number of carboxylic acids is 1. The molecule has 6 unspecified atom stereocenters. The molecule has 0 aliphatic heterocycles. The summed E-state index contributed by atoms with van der Waals surface area (Å²) in [6, 6.07) is 0. The molecule has 1 N–H and O–H groups in total. The van der Waals surface area contributed by atoms with Crippen molar-refractivity contribution in [1.82, 2.24) is 0 Å². The summed E-state index contributed by atoms with van der Waals surface area (Å²) < 4.78 is 0. The number of carbonyl (C=O) groups is 1. The molecule has 0 aromatic rings. The van der Waals surface area contributed by atoms with Crippen molar-refractivity contribution in [2.75, 3.05) is 0 Å². The minimum absolute atomic E-state index is 0.0458. The Morgan fingerprint density at radius 3 is 0.721 bits per heavy atom. The van der Waals surface area contributed by atoms with E-state index in [2.05, 4.69) is 90.0 Å². The maximum absolute atomic E-state index is 16.8. The molecule has 0 rings (SSSR count). The van der Waals surface area contributed by atoms with E-state index in [1.54, 1.807) is 0 Å². The first-order chi connectivity index (χ1) is 33.1. The van der Waals surface area contributed by atoms with Crippen molar-refractivity contribution in [2.24, 2.45) is 51.8 Å². The number of carboxylic acid groups (broad SMARTS) is 1. The predicted molar refractivity (Wildman–Crippen MR) is 308 cm³/mol. The highest BCUT2D eigenvalue weighted by molar-refractivity contribution is 5.77. The first-order valence-electron chi connectivity index (χ1n) is 32.4. The highest BCUT2D eigenvalue weighted by Gasteiger charge is 2.75. The van der Waals surface area contributed by atoms with Gasteiger partial charge in [-0.3, -0.25) is 4.79 Å².